The van der Waals surface area contributed by atoms with Crippen molar-refractivity contribution in [2.75, 3.05) is 0 Å². The molecule has 0 fully saturated rings. The standard InChI is InChI=1S/C16H16/c1-12-15-10-6-5-9-14(15)11-16(12)13-7-3-2-4-8-13/h5-7,9-11H,1-4,8H2. The third-order valence-electron chi connectivity index (χ3n) is 3.55. The first-order valence-corrected chi connectivity index (χ1v) is 6.06. The Kier molecular flexibility index (Phi) is 2.28. The van der Waals surface area contributed by atoms with Gasteiger partial charge in [-0.25, -0.2) is 0 Å². The maximum Gasteiger partial charge on any atom is -0.0111 e. The molecule has 1 aromatic carbocycles. The molecular formula is C16H16. The molecule has 16 heavy (non-hydrogen) atoms. The van der Waals surface area contributed by atoms with Gasteiger partial charge in [-0.1, -0.05) is 36.9 Å². The van der Waals surface area contributed by atoms with E-state index < -0.39 is 0 Å². The van der Waals surface area contributed by atoms with E-state index in [-0.39, 0.29) is 0 Å². The fourth-order valence-corrected chi connectivity index (χ4v) is 2.65. The third-order valence-corrected chi connectivity index (χ3v) is 3.55. The van der Waals surface area contributed by atoms with Gasteiger partial charge in [0, 0.05) is 0 Å². The van der Waals surface area contributed by atoms with Gasteiger partial charge in [0.25, 0.3) is 0 Å². The second-order valence-corrected chi connectivity index (χ2v) is 4.60. The highest BCUT2D eigenvalue weighted by atomic mass is 14.2. The Morgan fingerprint density at radius 1 is 1.06 bits per heavy atom. The lowest BCUT2D eigenvalue weighted by atomic mass is 9.90. The lowest BCUT2D eigenvalue weighted by Gasteiger charge is -2.14. The minimum Gasteiger partial charge on any atom is -0.0905 e. The maximum absolute atomic E-state index is 4.24. The van der Waals surface area contributed by atoms with Crippen LogP contribution >= 0.6 is 0 Å². The summed E-state index contributed by atoms with van der Waals surface area (Å²) in [6.07, 6.45) is 9.82. The first kappa shape index (κ1) is 9.65. The van der Waals surface area contributed by atoms with Crippen molar-refractivity contribution in [3.05, 3.63) is 59.2 Å². The summed E-state index contributed by atoms with van der Waals surface area (Å²) < 4.78 is 0. The van der Waals surface area contributed by atoms with Crippen LogP contribution in [-0.2, 0) is 0 Å². The van der Waals surface area contributed by atoms with Crippen LogP contribution in [0.15, 0.2) is 48.1 Å². The lowest BCUT2D eigenvalue weighted by Crippen LogP contribution is -1.94. The van der Waals surface area contributed by atoms with Crippen LogP contribution in [0.3, 0.4) is 0 Å². The van der Waals surface area contributed by atoms with Crippen LogP contribution in [0.2, 0.25) is 0 Å². The van der Waals surface area contributed by atoms with Gasteiger partial charge in [0.15, 0.2) is 0 Å². The molecule has 0 saturated carbocycles. The molecule has 0 nitrogen and oxygen atoms in total. The molecule has 3 rings (SSSR count). The van der Waals surface area contributed by atoms with Crippen molar-refractivity contribution in [1.29, 1.82) is 0 Å². The highest BCUT2D eigenvalue weighted by Gasteiger charge is 2.19. The van der Waals surface area contributed by atoms with Crippen molar-refractivity contribution in [2.45, 2.75) is 25.7 Å². The van der Waals surface area contributed by atoms with Crippen molar-refractivity contribution in [2.24, 2.45) is 0 Å². The van der Waals surface area contributed by atoms with Crippen LogP contribution in [0.25, 0.3) is 11.6 Å². The van der Waals surface area contributed by atoms with Crippen molar-refractivity contribution >= 4 is 11.6 Å². The summed E-state index contributed by atoms with van der Waals surface area (Å²) in [4.78, 5) is 0. The molecule has 0 bridgehead atoms. The zero-order valence-corrected chi connectivity index (χ0v) is 9.50. The van der Waals surface area contributed by atoms with Gasteiger partial charge < -0.3 is 0 Å². The second kappa shape index (κ2) is 3.79. The van der Waals surface area contributed by atoms with Gasteiger partial charge in [0.1, 0.15) is 0 Å². The topological polar surface area (TPSA) is 0 Å². The predicted octanol–water partition coefficient (Wildman–Crippen LogP) is 4.60. The average Bonchev–Trinajstić information content (AvgIpc) is 2.69. The van der Waals surface area contributed by atoms with Gasteiger partial charge in [-0.05, 0) is 59.6 Å². The molecule has 80 valence electrons. The minimum absolute atomic E-state index is 1.21. The molecule has 0 spiro atoms. The molecule has 0 unspecified atom stereocenters. The predicted molar refractivity (Wildman–Crippen MR) is 70.0 cm³/mol. The van der Waals surface area contributed by atoms with Gasteiger partial charge >= 0.3 is 0 Å². The van der Waals surface area contributed by atoms with E-state index in [9.17, 15) is 0 Å². The van der Waals surface area contributed by atoms with Crippen molar-refractivity contribution in [3.63, 3.8) is 0 Å². The third kappa shape index (κ3) is 1.46. The number of allylic oxidation sites excluding steroid dienone is 4. The fraction of sp³-hybridized carbons (Fsp3) is 0.250. The summed E-state index contributed by atoms with van der Waals surface area (Å²) in [6.45, 7) is 4.24. The van der Waals surface area contributed by atoms with E-state index in [1.807, 2.05) is 0 Å². The van der Waals surface area contributed by atoms with E-state index >= 15 is 0 Å². The Balaban J connectivity index is 2.01. The number of fused-ring (bicyclic) bond motifs is 1. The van der Waals surface area contributed by atoms with Crippen LogP contribution in [0.5, 0.6) is 0 Å². The molecule has 2 aliphatic rings. The first-order valence-electron chi connectivity index (χ1n) is 6.06. The van der Waals surface area contributed by atoms with Crippen LogP contribution in [0.1, 0.15) is 36.8 Å². The Morgan fingerprint density at radius 3 is 2.69 bits per heavy atom. The van der Waals surface area contributed by atoms with Gasteiger partial charge in [0.05, 0.1) is 0 Å². The monoisotopic (exact) mass is 208 g/mol. The molecule has 0 heterocycles. The molecule has 0 atom stereocenters. The summed E-state index contributed by atoms with van der Waals surface area (Å²) >= 11 is 0. The van der Waals surface area contributed by atoms with Crippen molar-refractivity contribution in [1.82, 2.24) is 0 Å². The molecule has 0 saturated heterocycles. The Bertz CT molecular complexity index is 501. The number of hydrogen-bond donors (Lipinski definition) is 0. The molecule has 0 N–H and O–H groups in total. The molecule has 2 aliphatic carbocycles. The summed E-state index contributed by atoms with van der Waals surface area (Å²) in [6, 6.07) is 8.54. The molecule has 0 aliphatic heterocycles. The molecular weight excluding hydrogens is 192 g/mol. The van der Waals surface area contributed by atoms with E-state index in [2.05, 4.69) is 43.0 Å². The van der Waals surface area contributed by atoms with E-state index in [1.54, 1.807) is 0 Å². The van der Waals surface area contributed by atoms with E-state index in [4.69, 9.17) is 0 Å². The molecule has 0 heteroatoms. The highest BCUT2D eigenvalue weighted by molar-refractivity contribution is 5.97. The number of benzene rings is 1. The van der Waals surface area contributed by atoms with Gasteiger partial charge in [-0.15, -0.1) is 0 Å². The summed E-state index contributed by atoms with van der Waals surface area (Å²) in [7, 11) is 0. The SMILES string of the molecule is C=C1C(C2=CCCCC2)=Cc2ccccc21. The van der Waals surface area contributed by atoms with Gasteiger partial charge in [-0.3, -0.25) is 0 Å². The molecule has 0 radical (unpaired) electrons. The lowest BCUT2D eigenvalue weighted by molar-refractivity contribution is 0.709. The van der Waals surface area contributed by atoms with Crippen LogP contribution in [-0.4, -0.2) is 0 Å². The Hall–Kier alpha value is -1.56. The smallest absolute Gasteiger partial charge is 0.0111 e. The molecule has 1 aromatic rings. The highest BCUT2D eigenvalue weighted by Crippen LogP contribution is 2.40. The van der Waals surface area contributed by atoms with E-state index in [0.29, 0.717) is 0 Å². The Labute approximate surface area is 97.0 Å². The minimum atomic E-state index is 1.21. The van der Waals surface area contributed by atoms with Crippen molar-refractivity contribution < 1.29 is 0 Å². The zero-order valence-electron chi connectivity index (χ0n) is 9.50. The quantitative estimate of drug-likeness (QED) is 0.633. The van der Waals surface area contributed by atoms with Crippen LogP contribution in [0.4, 0.5) is 0 Å². The maximum atomic E-state index is 4.24. The van der Waals surface area contributed by atoms with Gasteiger partial charge in [0.2, 0.25) is 0 Å². The molecule has 0 amide bonds. The first-order chi connectivity index (χ1) is 7.86. The average molecular weight is 208 g/mol. The van der Waals surface area contributed by atoms with Crippen molar-refractivity contribution in [3.8, 4) is 0 Å². The number of hydrogen-bond acceptors (Lipinski definition) is 0. The Morgan fingerprint density at radius 2 is 1.94 bits per heavy atom. The van der Waals surface area contributed by atoms with E-state index in [0.717, 1.165) is 0 Å². The fourth-order valence-electron chi connectivity index (χ4n) is 2.65. The largest absolute Gasteiger partial charge is 0.0905 e. The zero-order chi connectivity index (χ0) is 11.0. The summed E-state index contributed by atoms with van der Waals surface area (Å²) in [5.74, 6) is 0. The van der Waals surface area contributed by atoms with Crippen LogP contribution in [0, 0.1) is 0 Å². The molecule has 0 aromatic heterocycles. The number of rotatable bonds is 1. The van der Waals surface area contributed by atoms with E-state index in [1.165, 1.54) is 53.5 Å². The summed E-state index contributed by atoms with van der Waals surface area (Å²) in [5, 5.41) is 0. The van der Waals surface area contributed by atoms with Gasteiger partial charge in [-0.2, -0.15) is 0 Å². The normalized spacial score (nSPS) is 19.1. The van der Waals surface area contributed by atoms with Crippen LogP contribution < -0.4 is 0 Å². The summed E-state index contributed by atoms with van der Waals surface area (Å²) in [5.41, 5.74) is 6.73. The second-order valence-electron chi connectivity index (χ2n) is 4.60.